The summed E-state index contributed by atoms with van der Waals surface area (Å²) in [5.41, 5.74) is 0.348. The minimum absolute atomic E-state index is 0.0289. The maximum absolute atomic E-state index is 12.9. The normalized spacial score (nSPS) is 23.9. The van der Waals surface area contributed by atoms with Gasteiger partial charge in [0.2, 0.25) is 10.0 Å². The average Bonchev–Trinajstić information content (AvgIpc) is 3.15. The van der Waals surface area contributed by atoms with Gasteiger partial charge in [-0.25, -0.2) is 13.1 Å². The Morgan fingerprint density at radius 3 is 2.41 bits per heavy atom. The van der Waals surface area contributed by atoms with E-state index in [1.54, 1.807) is 12.1 Å². The summed E-state index contributed by atoms with van der Waals surface area (Å²) in [5.74, 6) is 0.463. The van der Waals surface area contributed by atoms with Crippen LogP contribution < -0.4 is 14.8 Å². The first kappa shape index (κ1) is 20.1. The summed E-state index contributed by atoms with van der Waals surface area (Å²) < 4.78 is 33.7. The van der Waals surface area contributed by atoms with Crippen molar-refractivity contribution in [2.45, 2.75) is 75.3 Å². The number of carbonyl (C=O) groups excluding carboxylic acids is 1. The van der Waals surface area contributed by atoms with Crippen molar-refractivity contribution in [3.63, 3.8) is 0 Å². The van der Waals surface area contributed by atoms with Gasteiger partial charge >= 0.3 is 0 Å². The van der Waals surface area contributed by atoms with Gasteiger partial charge in [-0.1, -0.05) is 32.6 Å². The summed E-state index contributed by atoms with van der Waals surface area (Å²) in [4.78, 5) is 12.7. The van der Waals surface area contributed by atoms with E-state index in [0.717, 1.165) is 44.9 Å². The molecule has 2 atom stereocenters. The number of hydrogen-bond donors (Lipinski definition) is 2. The predicted molar refractivity (Wildman–Crippen MR) is 104 cm³/mol. The van der Waals surface area contributed by atoms with Crippen LogP contribution in [0.1, 0.15) is 68.6 Å². The van der Waals surface area contributed by atoms with Gasteiger partial charge in [-0.15, -0.1) is 0 Å². The van der Waals surface area contributed by atoms with Gasteiger partial charge in [0, 0.05) is 17.6 Å². The smallest absolute Gasteiger partial charge is 0.251 e. The summed E-state index contributed by atoms with van der Waals surface area (Å²) in [6, 6.07) is 4.71. The second kappa shape index (κ2) is 8.61. The third-order valence-electron chi connectivity index (χ3n) is 5.82. The van der Waals surface area contributed by atoms with Crippen molar-refractivity contribution in [2.75, 3.05) is 7.11 Å². The van der Waals surface area contributed by atoms with E-state index in [0.29, 0.717) is 11.5 Å². The van der Waals surface area contributed by atoms with Crippen molar-refractivity contribution in [2.24, 2.45) is 5.92 Å². The van der Waals surface area contributed by atoms with Crippen molar-refractivity contribution >= 4 is 15.9 Å². The predicted octanol–water partition coefficient (Wildman–Crippen LogP) is 3.22. The Kier molecular flexibility index (Phi) is 6.42. The Morgan fingerprint density at radius 2 is 1.74 bits per heavy atom. The quantitative estimate of drug-likeness (QED) is 0.776. The van der Waals surface area contributed by atoms with Crippen LogP contribution in [0.15, 0.2) is 23.1 Å². The minimum Gasteiger partial charge on any atom is -0.495 e. The molecule has 1 amide bonds. The number of nitrogens with one attached hydrogen (secondary N) is 2. The van der Waals surface area contributed by atoms with Gasteiger partial charge in [0.15, 0.2) is 0 Å². The van der Waals surface area contributed by atoms with Crippen LogP contribution in [0, 0.1) is 5.92 Å². The van der Waals surface area contributed by atoms with Gasteiger partial charge in [-0.05, 0) is 49.8 Å². The van der Waals surface area contributed by atoms with Crippen LogP contribution in [0.2, 0.25) is 0 Å². The van der Waals surface area contributed by atoms with E-state index in [2.05, 4.69) is 17.0 Å². The van der Waals surface area contributed by atoms with E-state index in [1.807, 2.05) is 0 Å². The summed E-state index contributed by atoms with van der Waals surface area (Å²) in [6.07, 6.45) is 8.16. The lowest BCUT2D eigenvalue weighted by Crippen LogP contribution is -2.41. The zero-order valence-corrected chi connectivity index (χ0v) is 17.0. The molecule has 0 saturated heterocycles. The highest BCUT2D eigenvalue weighted by Crippen LogP contribution is 2.28. The largest absolute Gasteiger partial charge is 0.495 e. The van der Waals surface area contributed by atoms with Crippen molar-refractivity contribution in [3.8, 4) is 5.75 Å². The van der Waals surface area contributed by atoms with E-state index in [4.69, 9.17) is 4.74 Å². The first-order valence-electron chi connectivity index (χ1n) is 9.92. The van der Waals surface area contributed by atoms with Gasteiger partial charge in [-0.2, -0.15) is 0 Å². The molecule has 1 aromatic rings. The van der Waals surface area contributed by atoms with Gasteiger partial charge in [-0.3, -0.25) is 4.79 Å². The van der Waals surface area contributed by atoms with E-state index < -0.39 is 10.0 Å². The number of carbonyl (C=O) groups is 1. The van der Waals surface area contributed by atoms with Crippen molar-refractivity contribution in [3.05, 3.63) is 23.8 Å². The number of benzene rings is 1. The number of amides is 1. The van der Waals surface area contributed by atoms with E-state index >= 15 is 0 Å². The molecule has 150 valence electrons. The molecule has 0 heterocycles. The fraction of sp³-hybridized carbons (Fsp3) is 0.650. The standard InChI is InChI=1S/C20H30N2O4S/c1-14-7-3-6-10-17(14)21-20(23)15-11-12-18(26-2)19(13-15)27(24,25)22-16-8-4-5-9-16/h11-14,16-17,22H,3-10H2,1-2H3,(H,21,23). The first-order chi connectivity index (χ1) is 12.9. The van der Waals surface area contributed by atoms with Crippen LogP contribution in [-0.4, -0.2) is 33.5 Å². The first-order valence-corrected chi connectivity index (χ1v) is 11.4. The van der Waals surface area contributed by atoms with Crippen molar-refractivity contribution in [1.82, 2.24) is 10.0 Å². The van der Waals surface area contributed by atoms with Crippen LogP contribution in [-0.2, 0) is 10.0 Å². The van der Waals surface area contributed by atoms with Gasteiger partial charge in [0.25, 0.3) is 5.91 Å². The van der Waals surface area contributed by atoms with Crippen LogP contribution in [0.4, 0.5) is 0 Å². The number of ether oxygens (including phenoxy) is 1. The second-order valence-corrected chi connectivity index (χ2v) is 9.49. The minimum atomic E-state index is -3.74. The summed E-state index contributed by atoms with van der Waals surface area (Å²) in [5, 5.41) is 3.08. The Morgan fingerprint density at radius 1 is 1.07 bits per heavy atom. The molecule has 0 spiro atoms. The molecule has 7 heteroatoms. The van der Waals surface area contributed by atoms with Gasteiger partial charge in [0.1, 0.15) is 10.6 Å². The number of rotatable bonds is 6. The molecular weight excluding hydrogens is 364 g/mol. The molecule has 27 heavy (non-hydrogen) atoms. The van der Waals surface area contributed by atoms with Crippen molar-refractivity contribution < 1.29 is 17.9 Å². The second-order valence-electron chi connectivity index (χ2n) is 7.81. The van der Waals surface area contributed by atoms with Crippen LogP contribution in [0.25, 0.3) is 0 Å². The van der Waals surface area contributed by atoms with Crippen LogP contribution >= 0.6 is 0 Å². The van der Waals surface area contributed by atoms with E-state index in [1.165, 1.54) is 19.6 Å². The van der Waals surface area contributed by atoms with Gasteiger partial charge in [0.05, 0.1) is 7.11 Å². The average molecular weight is 395 g/mol. The zero-order valence-electron chi connectivity index (χ0n) is 16.2. The molecule has 1 aromatic carbocycles. The van der Waals surface area contributed by atoms with E-state index in [-0.39, 0.29) is 28.6 Å². The topological polar surface area (TPSA) is 84.5 Å². The molecule has 2 aliphatic rings. The fourth-order valence-corrected chi connectivity index (χ4v) is 5.64. The molecule has 6 nitrogen and oxygen atoms in total. The highest BCUT2D eigenvalue weighted by atomic mass is 32.2. The molecular formula is C20H30N2O4S. The molecule has 0 radical (unpaired) electrons. The summed E-state index contributed by atoms with van der Waals surface area (Å²) in [6.45, 7) is 2.15. The SMILES string of the molecule is COc1ccc(C(=O)NC2CCCCC2C)cc1S(=O)(=O)NC1CCCC1. The maximum Gasteiger partial charge on any atom is 0.251 e. The molecule has 2 saturated carbocycles. The Labute approximate surface area is 162 Å². The molecule has 0 aliphatic heterocycles. The zero-order chi connectivity index (χ0) is 19.4. The monoisotopic (exact) mass is 394 g/mol. The molecule has 0 bridgehead atoms. The number of methoxy groups -OCH3 is 1. The van der Waals surface area contributed by atoms with Crippen LogP contribution in [0.5, 0.6) is 5.75 Å². The van der Waals surface area contributed by atoms with Crippen molar-refractivity contribution in [1.29, 1.82) is 0 Å². The third-order valence-corrected chi connectivity index (χ3v) is 7.36. The van der Waals surface area contributed by atoms with Crippen LogP contribution in [0.3, 0.4) is 0 Å². The number of hydrogen-bond acceptors (Lipinski definition) is 4. The molecule has 3 rings (SSSR count). The Bertz CT molecular complexity index is 772. The number of sulfonamides is 1. The molecule has 2 fully saturated rings. The van der Waals surface area contributed by atoms with E-state index in [9.17, 15) is 13.2 Å². The molecule has 2 unspecified atom stereocenters. The maximum atomic E-state index is 12.9. The Balaban J connectivity index is 1.80. The molecule has 2 aliphatic carbocycles. The summed E-state index contributed by atoms with van der Waals surface area (Å²) >= 11 is 0. The highest BCUT2D eigenvalue weighted by molar-refractivity contribution is 7.89. The fourth-order valence-electron chi connectivity index (χ4n) is 4.14. The molecule has 0 aromatic heterocycles. The Hall–Kier alpha value is -1.60. The highest BCUT2D eigenvalue weighted by Gasteiger charge is 2.28. The lowest BCUT2D eigenvalue weighted by molar-refractivity contribution is 0.0910. The lowest BCUT2D eigenvalue weighted by Gasteiger charge is -2.29. The van der Waals surface area contributed by atoms with Gasteiger partial charge < -0.3 is 10.1 Å². The summed E-state index contributed by atoms with van der Waals surface area (Å²) in [7, 11) is -2.30. The lowest BCUT2D eigenvalue weighted by atomic mass is 9.86. The third kappa shape index (κ3) is 4.82. The molecule has 2 N–H and O–H groups in total.